The number of carbonyl (C=O) groups excluding carboxylic acids is 2. The number of aliphatic carboxylic acids is 1. The number of aryl methyl sites for hydroxylation is 1. The summed E-state index contributed by atoms with van der Waals surface area (Å²) in [5.74, 6) is -1.96. The monoisotopic (exact) mass is 397 g/mol. The number of rotatable bonds is 6. The van der Waals surface area contributed by atoms with Crippen molar-refractivity contribution in [3.05, 3.63) is 35.4 Å². The lowest BCUT2D eigenvalue weighted by atomic mass is 10.2. The van der Waals surface area contributed by atoms with E-state index in [1.54, 1.807) is 0 Å². The highest BCUT2D eigenvalue weighted by molar-refractivity contribution is 6.75. The van der Waals surface area contributed by atoms with E-state index >= 15 is 0 Å². The molecule has 1 aromatic rings. The first-order valence-electron chi connectivity index (χ1n) is 6.79. The van der Waals surface area contributed by atoms with Crippen LogP contribution < -0.4 is 5.73 Å². The molecule has 0 aliphatic carbocycles. The van der Waals surface area contributed by atoms with E-state index in [4.69, 9.17) is 50.4 Å². The van der Waals surface area contributed by atoms with Gasteiger partial charge in [-0.3, -0.25) is 9.59 Å². The van der Waals surface area contributed by atoms with Crippen LogP contribution in [0.1, 0.15) is 24.0 Å². The molecule has 0 aliphatic heterocycles. The number of ketones is 1. The third-order valence-corrected chi connectivity index (χ3v) is 3.08. The van der Waals surface area contributed by atoms with Crippen molar-refractivity contribution in [2.75, 3.05) is 6.54 Å². The van der Waals surface area contributed by atoms with Gasteiger partial charge >= 0.3 is 11.9 Å². The van der Waals surface area contributed by atoms with Crippen LogP contribution in [0.2, 0.25) is 0 Å². The minimum Gasteiger partial charge on any atom is -0.478 e. The van der Waals surface area contributed by atoms with Gasteiger partial charge in [-0.25, -0.2) is 4.79 Å². The number of halogens is 3. The molecule has 0 heterocycles. The molecule has 0 bridgehead atoms. The number of carbonyl (C=O) groups is 3. The van der Waals surface area contributed by atoms with Crippen molar-refractivity contribution in [3.8, 4) is 0 Å². The Balaban J connectivity index is 0.000000640. The zero-order valence-corrected chi connectivity index (χ0v) is 15.2. The minimum absolute atomic E-state index is 0.0226. The zero-order valence-electron chi connectivity index (χ0n) is 12.9. The number of nitrogens with two attached hydrogens (primary N) is 1. The number of esters is 1. The summed E-state index contributed by atoms with van der Waals surface area (Å²) in [6.45, 7) is 2.22. The number of hydrogen-bond acceptors (Lipinski definition) is 5. The van der Waals surface area contributed by atoms with Crippen LogP contribution in [-0.4, -0.2) is 33.2 Å². The Morgan fingerprint density at radius 1 is 1.12 bits per heavy atom. The predicted molar refractivity (Wildman–Crippen MR) is 92.2 cm³/mol. The Hall–Kier alpha value is -1.34. The topological polar surface area (TPSA) is 107 Å². The summed E-state index contributed by atoms with van der Waals surface area (Å²) in [7, 11) is 0. The number of Topliss-reactive ketones (excluding diaryl/α,β-unsaturated/α-hetero) is 1. The summed E-state index contributed by atoms with van der Waals surface area (Å²) in [5, 5.41) is 7.85. The summed E-state index contributed by atoms with van der Waals surface area (Å²) in [6.07, 6.45) is 0.255. The van der Waals surface area contributed by atoms with Crippen LogP contribution >= 0.6 is 34.8 Å². The van der Waals surface area contributed by atoms with Crippen molar-refractivity contribution in [2.45, 2.75) is 30.2 Å². The fourth-order valence-electron chi connectivity index (χ4n) is 1.26. The van der Waals surface area contributed by atoms with Crippen LogP contribution in [0.3, 0.4) is 0 Å². The highest BCUT2D eigenvalue weighted by Crippen LogP contribution is 2.25. The first kappa shape index (κ1) is 22.7. The number of carboxylic acid groups (broad SMARTS) is 1. The molecule has 9 heteroatoms. The maximum Gasteiger partial charge on any atom is 0.356 e. The van der Waals surface area contributed by atoms with E-state index in [1.165, 1.54) is 0 Å². The Morgan fingerprint density at radius 3 is 2.04 bits per heavy atom. The van der Waals surface area contributed by atoms with E-state index in [1.807, 2.05) is 31.2 Å². The van der Waals surface area contributed by atoms with E-state index in [9.17, 15) is 14.4 Å². The van der Waals surface area contributed by atoms with Crippen LogP contribution in [-0.2, 0) is 25.7 Å². The minimum atomic E-state index is -2.17. The molecule has 0 aromatic heterocycles. The highest BCUT2D eigenvalue weighted by Gasteiger charge is 2.29. The SMILES string of the molecule is Cc1ccc(COC(=O)CCC(=O)CN)cc1.O=C(O)C(Cl)(Cl)Cl. The number of ether oxygens (including phenoxy) is 1. The molecule has 0 amide bonds. The first-order chi connectivity index (χ1) is 11.1. The molecular formula is C15H18Cl3NO5. The Bertz CT molecular complexity index is 555. The molecule has 0 saturated heterocycles. The molecule has 0 unspecified atom stereocenters. The molecule has 0 aliphatic rings. The van der Waals surface area contributed by atoms with Gasteiger partial charge in [-0.1, -0.05) is 64.6 Å². The Kier molecular flexibility index (Phi) is 10.6. The molecule has 0 fully saturated rings. The lowest BCUT2D eigenvalue weighted by Crippen LogP contribution is -2.16. The number of alkyl halides is 3. The second kappa shape index (κ2) is 11.3. The van der Waals surface area contributed by atoms with Crippen LogP contribution in [0.15, 0.2) is 24.3 Å². The summed E-state index contributed by atoms with van der Waals surface area (Å²) in [5.41, 5.74) is 7.24. The molecule has 0 saturated carbocycles. The third kappa shape index (κ3) is 11.2. The smallest absolute Gasteiger partial charge is 0.356 e. The molecule has 1 rings (SSSR count). The lowest BCUT2D eigenvalue weighted by Gasteiger charge is -2.04. The van der Waals surface area contributed by atoms with Gasteiger partial charge in [0.15, 0.2) is 0 Å². The van der Waals surface area contributed by atoms with Gasteiger partial charge in [0.1, 0.15) is 12.4 Å². The largest absolute Gasteiger partial charge is 0.478 e. The molecule has 0 spiro atoms. The summed E-state index contributed by atoms with van der Waals surface area (Å²) in [6, 6.07) is 7.74. The van der Waals surface area contributed by atoms with Gasteiger partial charge in [0.2, 0.25) is 0 Å². The molecule has 0 atom stereocenters. The lowest BCUT2D eigenvalue weighted by molar-refractivity contribution is -0.146. The fourth-order valence-corrected chi connectivity index (χ4v) is 1.26. The Morgan fingerprint density at radius 2 is 1.62 bits per heavy atom. The van der Waals surface area contributed by atoms with Crippen LogP contribution in [0.5, 0.6) is 0 Å². The van der Waals surface area contributed by atoms with E-state index in [2.05, 4.69) is 0 Å². The van der Waals surface area contributed by atoms with Crippen molar-refractivity contribution in [3.63, 3.8) is 0 Å². The van der Waals surface area contributed by atoms with Gasteiger partial charge < -0.3 is 15.6 Å². The van der Waals surface area contributed by atoms with E-state index in [0.717, 1.165) is 11.1 Å². The second-order valence-corrected chi connectivity index (χ2v) is 6.97. The highest BCUT2D eigenvalue weighted by atomic mass is 35.6. The normalized spacial score (nSPS) is 10.4. The standard InChI is InChI=1S/C13H17NO3.C2HCl3O2/c1-10-2-4-11(5-3-10)9-17-13(16)7-6-12(15)8-14;3-2(4,5)1(6)7/h2-5H,6-9,14H2,1H3;(H,6,7). The molecule has 134 valence electrons. The van der Waals surface area contributed by atoms with E-state index in [0.29, 0.717) is 0 Å². The van der Waals surface area contributed by atoms with Gasteiger partial charge in [-0.15, -0.1) is 0 Å². The first-order valence-corrected chi connectivity index (χ1v) is 7.92. The van der Waals surface area contributed by atoms with Crippen molar-refractivity contribution >= 4 is 52.5 Å². The van der Waals surface area contributed by atoms with Crippen molar-refractivity contribution in [1.82, 2.24) is 0 Å². The van der Waals surface area contributed by atoms with Crippen LogP contribution in [0.25, 0.3) is 0 Å². The Labute approximate surface area is 154 Å². The molecule has 3 N–H and O–H groups in total. The third-order valence-electron chi connectivity index (χ3n) is 2.60. The van der Waals surface area contributed by atoms with Gasteiger partial charge in [0, 0.05) is 6.42 Å². The van der Waals surface area contributed by atoms with Gasteiger partial charge in [-0.05, 0) is 12.5 Å². The molecule has 1 aromatic carbocycles. The second-order valence-electron chi connectivity index (χ2n) is 4.69. The van der Waals surface area contributed by atoms with Crippen molar-refractivity contribution in [1.29, 1.82) is 0 Å². The number of carboxylic acids is 1. The van der Waals surface area contributed by atoms with Crippen LogP contribution in [0.4, 0.5) is 0 Å². The zero-order chi connectivity index (χ0) is 18.8. The van der Waals surface area contributed by atoms with Crippen molar-refractivity contribution in [2.24, 2.45) is 5.73 Å². The predicted octanol–water partition coefficient (Wildman–Crippen LogP) is 2.79. The fraction of sp³-hybridized carbons (Fsp3) is 0.400. The summed E-state index contributed by atoms with van der Waals surface area (Å²) < 4.78 is 2.86. The molecule has 24 heavy (non-hydrogen) atoms. The maximum atomic E-state index is 11.3. The average molecular weight is 399 g/mol. The molecular weight excluding hydrogens is 381 g/mol. The van der Waals surface area contributed by atoms with E-state index < -0.39 is 9.76 Å². The average Bonchev–Trinajstić information content (AvgIpc) is 2.51. The molecule has 6 nitrogen and oxygen atoms in total. The van der Waals surface area contributed by atoms with Gasteiger partial charge in [0.05, 0.1) is 13.0 Å². The molecule has 0 radical (unpaired) electrons. The maximum absolute atomic E-state index is 11.3. The van der Waals surface area contributed by atoms with E-state index in [-0.39, 0.29) is 37.7 Å². The van der Waals surface area contributed by atoms with Gasteiger partial charge in [-0.2, -0.15) is 0 Å². The summed E-state index contributed by atoms with van der Waals surface area (Å²) in [4.78, 5) is 31.8. The number of hydrogen-bond donors (Lipinski definition) is 2. The summed E-state index contributed by atoms with van der Waals surface area (Å²) >= 11 is 14.4. The quantitative estimate of drug-likeness (QED) is 0.563. The van der Waals surface area contributed by atoms with Crippen molar-refractivity contribution < 1.29 is 24.2 Å². The van der Waals surface area contributed by atoms with Gasteiger partial charge in [0.25, 0.3) is 3.79 Å². The number of benzene rings is 1. The van der Waals surface area contributed by atoms with Crippen LogP contribution in [0, 0.1) is 6.92 Å².